The fourth-order valence-corrected chi connectivity index (χ4v) is 1.67. The normalized spacial score (nSPS) is 10.0. The van der Waals surface area contributed by atoms with Crippen molar-refractivity contribution in [2.24, 2.45) is 0 Å². The molecule has 0 unspecified atom stereocenters. The van der Waals surface area contributed by atoms with Crippen molar-refractivity contribution >= 4 is 21.7 Å². The molecule has 0 fully saturated rings. The van der Waals surface area contributed by atoms with Gasteiger partial charge in [-0.05, 0) is 35.0 Å². The summed E-state index contributed by atoms with van der Waals surface area (Å²) in [5.74, 6) is -0.489. The Bertz CT molecular complexity index is 469. The lowest BCUT2D eigenvalue weighted by atomic mass is 10.1. The van der Waals surface area contributed by atoms with E-state index >= 15 is 0 Å². The third-order valence-electron chi connectivity index (χ3n) is 1.81. The van der Waals surface area contributed by atoms with Crippen LogP contribution in [0.25, 0.3) is 0 Å². The molecule has 0 atom stereocenters. The minimum atomic E-state index is -2.98. The van der Waals surface area contributed by atoms with Gasteiger partial charge in [-0.2, -0.15) is 14.0 Å². The van der Waals surface area contributed by atoms with Crippen LogP contribution in [0.15, 0.2) is 16.6 Å². The molecule has 6 heteroatoms. The zero-order chi connectivity index (χ0) is 12.3. The van der Waals surface area contributed by atoms with E-state index < -0.39 is 6.61 Å². The largest absolute Gasteiger partial charge is 0.434 e. The van der Waals surface area contributed by atoms with Crippen molar-refractivity contribution in [3.8, 4) is 11.8 Å². The third-order valence-corrected chi connectivity index (χ3v) is 2.60. The Hall–Kier alpha value is -1.48. The number of Topliss-reactive ketones (excluding diaryl/α,β-unsaturated/α-hetero) is 1. The van der Waals surface area contributed by atoms with Crippen molar-refractivity contribution in [3.63, 3.8) is 0 Å². The number of ketones is 1. The SMILES string of the molecule is CC(=O)c1ccc(OC(F)F)c(Br)c1C#N. The number of hydrogen-bond acceptors (Lipinski definition) is 3. The second kappa shape index (κ2) is 5.03. The van der Waals surface area contributed by atoms with Crippen LogP contribution >= 0.6 is 15.9 Å². The average molecular weight is 290 g/mol. The Morgan fingerprint density at radius 3 is 2.62 bits per heavy atom. The van der Waals surface area contributed by atoms with Gasteiger partial charge in [-0.1, -0.05) is 0 Å². The summed E-state index contributed by atoms with van der Waals surface area (Å²) >= 11 is 2.96. The summed E-state index contributed by atoms with van der Waals surface area (Å²) < 4.78 is 28.2. The molecular formula is C10H6BrF2NO2. The van der Waals surface area contributed by atoms with Crippen LogP contribution in [0.5, 0.6) is 5.75 Å². The molecule has 0 aliphatic rings. The van der Waals surface area contributed by atoms with Gasteiger partial charge in [-0.25, -0.2) is 0 Å². The molecular weight excluding hydrogens is 284 g/mol. The number of nitrogens with zero attached hydrogens (tertiary/aromatic N) is 1. The Kier molecular flexibility index (Phi) is 3.96. The number of alkyl halides is 2. The van der Waals surface area contributed by atoms with Crippen molar-refractivity contribution in [3.05, 3.63) is 27.7 Å². The molecule has 1 rings (SSSR count). The van der Waals surface area contributed by atoms with Crippen LogP contribution in [0.2, 0.25) is 0 Å². The minimum absolute atomic E-state index is 0.00866. The van der Waals surface area contributed by atoms with E-state index in [2.05, 4.69) is 20.7 Å². The number of carbonyl (C=O) groups is 1. The molecule has 0 radical (unpaired) electrons. The number of halogens is 3. The van der Waals surface area contributed by atoms with E-state index in [9.17, 15) is 13.6 Å². The number of rotatable bonds is 3. The number of benzene rings is 1. The standard InChI is InChI=1S/C10H6BrF2NO2/c1-5(15)6-2-3-8(16-10(12)13)9(11)7(6)4-14/h2-3,10H,1H3. The van der Waals surface area contributed by atoms with Crippen LogP contribution < -0.4 is 4.74 Å². The van der Waals surface area contributed by atoms with E-state index in [4.69, 9.17) is 5.26 Å². The summed E-state index contributed by atoms with van der Waals surface area (Å²) in [5.41, 5.74) is 0.154. The molecule has 0 spiro atoms. The quantitative estimate of drug-likeness (QED) is 0.804. The third kappa shape index (κ3) is 2.55. The lowest BCUT2D eigenvalue weighted by Crippen LogP contribution is -2.05. The van der Waals surface area contributed by atoms with Gasteiger partial charge in [-0.15, -0.1) is 0 Å². The molecule has 0 heterocycles. The Labute approximate surface area is 98.8 Å². The molecule has 0 saturated carbocycles. The van der Waals surface area contributed by atoms with Crippen LogP contribution in [-0.2, 0) is 0 Å². The number of carbonyl (C=O) groups excluding carboxylic acids is 1. The summed E-state index contributed by atoms with van der Waals surface area (Å²) in [7, 11) is 0. The smallest absolute Gasteiger partial charge is 0.387 e. The molecule has 84 valence electrons. The average Bonchev–Trinajstić information content (AvgIpc) is 2.19. The highest BCUT2D eigenvalue weighted by atomic mass is 79.9. The molecule has 0 saturated heterocycles. The van der Waals surface area contributed by atoms with Crippen molar-refractivity contribution in [1.29, 1.82) is 5.26 Å². The predicted octanol–water partition coefficient (Wildman–Crippen LogP) is 3.12. The second-order valence-electron chi connectivity index (χ2n) is 2.85. The van der Waals surface area contributed by atoms with Gasteiger partial charge in [0.05, 0.1) is 10.0 Å². The molecule has 0 aliphatic heterocycles. The summed E-state index contributed by atoms with van der Waals surface area (Å²) in [6.07, 6.45) is 0. The summed E-state index contributed by atoms with van der Waals surface area (Å²) in [6.45, 7) is -1.69. The van der Waals surface area contributed by atoms with Crippen LogP contribution in [0, 0.1) is 11.3 Å². The van der Waals surface area contributed by atoms with Crippen LogP contribution in [0.1, 0.15) is 22.8 Å². The first kappa shape index (κ1) is 12.6. The maximum Gasteiger partial charge on any atom is 0.387 e. The highest BCUT2D eigenvalue weighted by Crippen LogP contribution is 2.32. The summed E-state index contributed by atoms with van der Waals surface area (Å²) in [6, 6.07) is 4.26. The zero-order valence-corrected chi connectivity index (χ0v) is 9.72. The van der Waals surface area contributed by atoms with E-state index in [-0.39, 0.29) is 27.1 Å². The van der Waals surface area contributed by atoms with Gasteiger partial charge in [0.25, 0.3) is 0 Å². The molecule has 1 aromatic rings. The predicted molar refractivity (Wildman–Crippen MR) is 55.5 cm³/mol. The van der Waals surface area contributed by atoms with Crippen molar-refractivity contribution in [2.45, 2.75) is 13.5 Å². The number of ether oxygens (including phenoxy) is 1. The van der Waals surface area contributed by atoms with Gasteiger partial charge >= 0.3 is 6.61 Å². The fourth-order valence-electron chi connectivity index (χ4n) is 1.15. The molecule has 1 aromatic carbocycles. The number of hydrogen-bond donors (Lipinski definition) is 0. The van der Waals surface area contributed by atoms with Crippen molar-refractivity contribution < 1.29 is 18.3 Å². The second-order valence-corrected chi connectivity index (χ2v) is 3.64. The van der Waals surface area contributed by atoms with Crippen molar-refractivity contribution in [2.75, 3.05) is 0 Å². The van der Waals surface area contributed by atoms with E-state index in [0.29, 0.717) is 0 Å². The Balaban J connectivity index is 3.30. The van der Waals surface area contributed by atoms with Crippen LogP contribution in [0.3, 0.4) is 0 Å². The first-order valence-corrected chi connectivity index (χ1v) is 4.95. The van der Waals surface area contributed by atoms with Gasteiger partial charge in [0.1, 0.15) is 11.8 Å². The van der Waals surface area contributed by atoms with Gasteiger partial charge in [-0.3, -0.25) is 4.79 Å². The molecule has 0 aliphatic carbocycles. The molecule has 16 heavy (non-hydrogen) atoms. The fraction of sp³-hybridized carbons (Fsp3) is 0.200. The van der Waals surface area contributed by atoms with E-state index in [1.54, 1.807) is 6.07 Å². The van der Waals surface area contributed by atoms with Gasteiger partial charge in [0.15, 0.2) is 5.78 Å². The molecule has 0 aromatic heterocycles. The van der Waals surface area contributed by atoms with E-state index in [1.165, 1.54) is 19.1 Å². The molecule has 3 nitrogen and oxygen atoms in total. The van der Waals surface area contributed by atoms with E-state index in [0.717, 1.165) is 0 Å². The van der Waals surface area contributed by atoms with Crippen LogP contribution in [-0.4, -0.2) is 12.4 Å². The highest BCUT2D eigenvalue weighted by Gasteiger charge is 2.16. The van der Waals surface area contributed by atoms with Crippen LogP contribution in [0.4, 0.5) is 8.78 Å². The Morgan fingerprint density at radius 1 is 1.56 bits per heavy atom. The molecule has 0 bridgehead atoms. The van der Waals surface area contributed by atoms with Gasteiger partial charge in [0.2, 0.25) is 0 Å². The monoisotopic (exact) mass is 289 g/mol. The minimum Gasteiger partial charge on any atom is -0.434 e. The maximum atomic E-state index is 12.0. The Morgan fingerprint density at radius 2 is 2.19 bits per heavy atom. The van der Waals surface area contributed by atoms with Gasteiger partial charge in [0, 0.05) is 5.56 Å². The first-order chi connectivity index (χ1) is 7.47. The number of nitriles is 1. The van der Waals surface area contributed by atoms with Gasteiger partial charge < -0.3 is 4.74 Å². The van der Waals surface area contributed by atoms with Crippen molar-refractivity contribution in [1.82, 2.24) is 0 Å². The lowest BCUT2D eigenvalue weighted by molar-refractivity contribution is -0.0503. The molecule has 0 amide bonds. The zero-order valence-electron chi connectivity index (χ0n) is 8.13. The highest BCUT2D eigenvalue weighted by molar-refractivity contribution is 9.10. The lowest BCUT2D eigenvalue weighted by Gasteiger charge is -2.09. The van der Waals surface area contributed by atoms with E-state index in [1.807, 2.05) is 0 Å². The summed E-state index contributed by atoms with van der Waals surface area (Å²) in [4.78, 5) is 11.1. The maximum absolute atomic E-state index is 12.0. The first-order valence-electron chi connectivity index (χ1n) is 4.15. The molecule has 0 N–H and O–H groups in total. The topological polar surface area (TPSA) is 50.1 Å². The summed E-state index contributed by atoms with van der Waals surface area (Å²) in [5, 5.41) is 8.83.